The number of aryl methyl sites for hydroxylation is 1. The Labute approximate surface area is 189 Å². The molecule has 0 aliphatic carbocycles. The van der Waals surface area contributed by atoms with Crippen molar-refractivity contribution in [1.29, 1.82) is 5.26 Å². The van der Waals surface area contributed by atoms with E-state index in [0.29, 0.717) is 11.9 Å². The normalized spacial score (nSPS) is 17.0. The standard InChI is InChI=1S/C25H29N7/c1-18(2)23-16-31(24-15-27-20-10-6-7-11-21(20)29-24)13-14-32(23)25(28-17-26)30(4)22-12-8-5-9-19(22)3/h5-12,15,18,23H,13-14,16H2,1-4H3. The molecule has 4 rings (SSSR count). The number of hydrogen-bond acceptors (Lipinski definition) is 5. The smallest absolute Gasteiger partial charge is 0.217 e. The zero-order valence-electron chi connectivity index (χ0n) is 19.1. The highest BCUT2D eigenvalue weighted by molar-refractivity contribution is 5.97. The Hall–Kier alpha value is -3.66. The van der Waals surface area contributed by atoms with Gasteiger partial charge in [0.15, 0.2) is 0 Å². The summed E-state index contributed by atoms with van der Waals surface area (Å²) in [6.45, 7) is 8.81. The summed E-state index contributed by atoms with van der Waals surface area (Å²) in [7, 11) is 1.98. The first-order valence-electron chi connectivity index (χ1n) is 11.0. The molecule has 3 aromatic rings. The number of nitriles is 1. The van der Waals surface area contributed by atoms with Gasteiger partial charge in [0.05, 0.1) is 23.3 Å². The average molecular weight is 428 g/mol. The van der Waals surface area contributed by atoms with Crippen LogP contribution in [-0.2, 0) is 0 Å². The largest absolute Gasteiger partial charge is 0.351 e. The second-order valence-electron chi connectivity index (χ2n) is 8.52. The maximum absolute atomic E-state index is 9.47. The lowest BCUT2D eigenvalue weighted by Gasteiger charge is -2.46. The third-order valence-electron chi connectivity index (χ3n) is 6.13. The molecule has 0 bridgehead atoms. The predicted octanol–water partition coefficient (Wildman–Crippen LogP) is 4.06. The van der Waals surface area contributed by atoms with Crippen LogP contribution in [0.1, 0.15) is 19.4 Å². The topological polar surface area (TPSA) is 71.7 Å². The van der Waals surface area contributed by atoms with Crippen LogP contribution >= 0.6 is 0 Å². The van der Waals surface area contributed by atoms with Gasteiger partial charge in [-0.15, -0.1) is 4.99 Å². The molecule has 32 heavy (non-hydrogen) atoms. The third-order valence-corrected chi connectivity index (χ3v) is 6.13. The Bertz CT molecular complexity index is 1160. The quantitative estimate of drug-likeness (QED) is 0.357. The van der Waals surface area contributed by atoms with Gasteiger partial charge in [0, 0.05) is 32.4 Å². The molecule has 1 aromatic heterocycles. The highest BCUT2D eigenvalue weighted by atomic mass is 15.4. The molecule has 7 heteroatoms. The summed E-state index contributed by atoms with van der Waals surface area (Å²) in [5, 5.41) is 9.47. The van der Waals surface area contributed by atoms with Gasteiger partial charge in [0.1, 0.15) is 5.82 Å². The molecule has 1 saturated heterocycles. The van der Waals surface area contributed by atoms with E-state index in [2.05, 4.69) is 52.7 Å². The second kappa shape index (κ2) is 9.23. The molecule has 0 radical (unpaired) electrons. The monoisotopic (exact) mass is 427 g/mol. The fraction of sp³-hybridized carbons (Fsp3) is 0.360. The fourth-order valence-corrected chi connectivity index (χ4v) is 4.36. The van der Waals surface area contributed by atoms with Crippen molar-refractivity contribution < 1.29 is 0 Å². The van der Waals surface area contributed by atoms with Crippen molar-refractivity contribution in [1.82, 2.24) is 14.9 Å². The molecule has 2 aromatic carbocycles. The summed E-state index contributed by atoms with van der Waals surface area (Å²) in [4.78, 5) is 20.3. The van der Waals surface area contributed by atoms with Gasteiger partial charge in [-0.1, -0.05) is 44.2 Å². The molecule has 164 valence electrons. The minimum atomic E-state index is 0.176. The van der Waals surface area contributed by atoms with Gasteiger partial charge < -0.3 is 14.7 Å². The number of benzene rings is 2. The van der Waals surface area contributed by atoms with Crippen LogP contribution in [0.4, 0.5) is 11.5 Å². The van der Waals surface area contributed by atoms with Crippen molar-refractivity contribution in [3.8, 4) is 6.19 Å². The molecular formula is C25H29N7. The number of nitrogens with zero attached hydrogens (tertiary/aromatic N) is 7. The number of para-hydroxylation sites is 3. The van der Waals surface area contributed by atoms with E-state index in [1.807, 2.05) is 60.7 Å². The number of aromatic nitrogens is 2. The molecule has 7 nitrogen and oxygen atoms in total. The Kier molecular flexibility index (Phi) is 6.22. The Morgan fingerprint density at radius 3 is 2.56 bits per heavy atom. The Morgan fingerprint density at radius 2 is 1.84 bits per heavy atom. The predicted molar refractivity (Wildman–Crippen MR) is 130 cm³/mol. The number of guanidine groups is 1. The van der Waals surface area contributed by atoms with Crippen molar-refractivity contribution in [2.75, 3.05) is 36.5 Å². The zero-order valence-corrected chi connectivity index (χ0v) is 19.1. The molecule has 1 unspecified atom stereocenters. The maximum Gasteiger partial charge on any atom is 0.217 e. The van der Waals surface area contributed by atoms with Gasteiger partial charge in [-0.2, -0.15) is 5.26 Å². The van der Waals surface area contributed by atoms with Gasteiger partial charge in [-0.3, -0.25) is 4.98 Å². The fourth-order valence-electron chi connectivity index (χ4n) is 4.36. The van der Waals surface area contributed by atoms with Crippen LogP contribution in [0, 0.1) is 24.3 Å². The molecule has 0 N–H and O–H groups in total. The first-order chi connectivity index (χ1) is 15.5. The van der Waals surface area contributed by atoms with E-state index < -0.39 is 0 Å². The Balaban J connectivity index is 1.62. The number of anilines is 2. The summed E-state index contributed by atoms with van der Waals surface area (Å²) in [6, 6.07) is 16.3. The minimum Gasteiger partial charge on any atom is -0.351 e. The number of hydrogen-bond donors (Lipinski definition) is 0. The zero-order chi connectivity index (χ0) is 22.7. The maximum atomic E-state index is 9.47. The van der Waals surface area contributed by atoms with E-state index in [4.69, 9.17) is 4.98 Å². The van der Waals surface area contributed by atoms with Gasteiger partial charge in [0.25, 0.3) is 0 Å². The van der Waals surface area contributed by atoms with Crippen molar-refractivity contribution in [3.05, 3.63) is 60.3 Å². The van der Waals surface area contributed by atoms with Crippen LogP contribution < -0.4 is 9.80 Å². The van der Waals surface area contributed by atoms with Gasteiger partial charge in [0.2, 0.25) is 12.2 Å². The van der Waals surface area contributed by atoms with Crippen LogP contribution in [0.2, 0.25) is 0 Å². The summed E-state index contributed by atoms with van der Waals surface area (Å²) in [6.07, 6.45) is 3.89. The Morgan fingerprint density at radius 1 is 1.12 bits per heavy atom. The van der Waals surface area contributed by atoms with Crippen LogP contribution in [0.5, 0.6) is 0 Å². The molecule has 0 saturated carbocycles. The highest BCUT2D eigenvalue weighted by Gasteiger charge is 2.34. The van der Waals surface area contributed by atoms with Crippen molar-refractivity contribution in [3.63, 3.8) is 0 Å². The molecule has 1 aliphatic heterocycles. The number of aliphatic imine (C=N–C) groups is 1. The molecule has 1 atom stereocenters. The van der Waals surface area contributed by atoms with E-state index in [0.717, 1.165) is 47.7 Å². The van der Waals surface area contributed by atoms with Gasteiger partial charge in [-0.25, -0.2) is 4.98 Å². The molecule has 0 amide bonds. The van der Waals surface area contributed by atoms with Gasteiger partial charge in [-0.05, 0) is 36.6 Å². The van der Waals surface area contributed by atoms with E-state index in [1.165, 1.54) is 0 Å². The lowest BCUT2D eigenvalue weighted by molar-refractivity contribution is 0.221. The third kappa shape index (κ3) is 4.22. The van der Waals surface area contributed by atoms with Crippen LogP contribution in [0.3, 0.4) is 0 Å². The summed E-state index contributed by atoms with van der Waals surface area (Å²) >= 11 is 0. The summed E-state index contributed by atoms with van der Waals surface area (Å²) in [5.41, 5.74) is 4.00. The van der Waals surface area contributed by atoms with Crippen molar-refractivity contribution in [2.24, 2.45) is 10.9 Å². The lowest BCUT2D eigenvalue weighted by Crippen LogP contribution is -2.60. The highest BCUT2D eigenvalue weighted by Crippen LogP contribution is 2.26. The molecule has 1 fully saturated rings. The average Bonchev–Trinajstić information content (AvgIpc) is 2.82. The van der Waals surface area contributed by atoms with E-state index in [9.17, 15) is 5.26 Å². The van der Waals surface area contributed by atoms with E-state index in [1.54, 1.807) is 0 Å². The second-order valence-corrected chi connectivity index (χ2v) is 8.52. The summed E-state index contributed by atoms with van der Waals surface area (Å²) in [5.74, 6) is 1.94. The van der Waals surface area contributed by atoms with Crippen LogP contribution in [0.25, 0.3) is 11.0 Å². The molecule has 2 heterocycles. The van der Waals surface area contributed by atoms with Crippen LogP contribution in [0.15, 0.2) is 59.7 Å². The molecule has 0 spiro atoms. The minimum absolute atomic E-state index is 0.176. The van der Waals surface area contributed by atoms with Gasteiger partial charge >= 0.3 is 0 Å². The van der Waals surface area contributed by atoms with Crippen molar-refractivity contribution in [2.45, 2.75) is 26.8 Å². The van der Waals surface area contributed by atoms with Crippen molar-refractivity contribution >= 4 is 28.5 Å². The number of rotatable bonds is 3. The summed E-state index contributed by atoms with van der Waals surface area (Å²) < 4.78 is 0. The van der Waals surface area contributed by atoms with E-state index in [-0.39, 0.29) is 6.04 Å². The SMILES string of the molecule is Cc1ccccc1N(C)C(=NC#N)N1CCN(c2cnc3ccccc3n2)CC1C(C)C. The number of fused-ring (bicyclic) bond motifs is 1. The molecule has 1 aliphatic rings. The van der Waals surface area contributed by atoms with E-state index >= 15 is 0 Å². The first-order valence-corrected chi connectivity index (χ1v) is 11.0. The number of piperazine rings is 1. The first kappa shape index (κ1) is 21.6. The van der Waals surface area contributed by atoms with Crippen LogP contribution in [-0.4, -0.2) is 53.6 Å². The lowest BCUT2D eigenvalue weighted by atomic mass is 9.99. The molecular weight excluding hydrogens is 398 g/mol.